The third-order valence-electron chi connectivity index (χ3n) is 5.42. The van der Waals surface area contributed by atoms with Gasteiger partial charge >= 0.3 is 0 Å². The van der Waals surface area contributed by atoms with Gasteiger partial charge < -0.3 is 9.64 Å². The predicted octanol–water partition coefficient (Wildman–Crippen LogP) is 2.81. The van der Waals surface area contributed by atoms with E-state index in [2.05, 4.69) is 47.6 Å². The molecule has 2 aromatic heterocycles. The van der Waals surface area contributed by atoms with Crippen LogP contribution in [0.5, 0.6) is 0 Å². The Morgan fingerprint density at radius 2 is 2.11 bits per heavy atom. The van der Waals surface area contributed by atoms with E-state index in [0.29, 0.717) is 25.2 Å². The predicted molar refractivity (Wildman–Crippen MR) is 102 cm³/mol. The molecule has 7 heteroatoms. The Bertz CT molecular complexity index is 991. The maximum absolute atomic E-state index is 12.6. The second-order valence-electron chi connectivity index (χ2n) is 7.34. The number of tetrazole rings is 1. The van der Waals surface area contributed by atoms with Crippen LogP contribution in [0.3, 0.4) is 0 Å². The summed E-state index contributed by atoms with van der Waals surface area (Å²) in [6.07, 6.45) is 2.66. The highest BCUT2D eigenvalue weighted by molar-refractivity contribution is 5.85. The molecule has 0 aliphatic carbocycles. The summed E-state index contributed by atoms with van der Waals surface area (Å²) in [6, 6.07) is 6.37. The van der Waals surface area contributed by atoms with Gasteiger partial charge in [0, 0.05) is 37.1 Å². The van der Waals surface area contributed by atoms with Crippen LogP contribution in [0.4, 0.5) is 0 Å². The molecule has 1 amide bonds. The zero-order valence-electron chi connectivity index (χ0n) is 16.1. The van der Waals surface area contributed by atoms with Crippen molar-refractivity contribution in [2.45, 2.75) is 52.7 Å². The maximum atomic E-state index is 12.6. The van der Waals surface area contributed by atoms with Gasteiger partial charge in [-0.3, -0.25) is 4.79 Å². The molecular weight excluding hydrogens is 342 g/mol. The molecule has 1 atom stereocenters. The van der Waals surface area contributed by atoms with Gasteiger partial charge in [-0.05, 0) is 66.4 Å². The Hall–Kier alpha value is -2.54. The highest BCUT2D eigenvalue weighted by Gasteiger charge is 2.23. The molecular formula is C20H25N5O2. The number of pyridine rings is 1. The van der Waals surface area contributed by atoms with E-state index >= 15 is 0 Å². The minimum absolute atomic E-state index is 0.122. The lowest BCUT2D eigenvalue weighted by molar-refractivity contribution is -0.133. The largest absolute Gasteiger partial charge is 0.376 e. The molecule has 0 saturated carbocycles. The molecule has 1 aromatic carbocycles. The van der Waals surface area contributed by atoms with Crippen LogP contribution in [0.1, 0.15) is 42.9 Å². The molecule has 1 aliphatic heterocycles. The Morgan fingerprint density at radius 1 is 1.30 bits per heavy atom. The number of aromatic nitrogens is 4. The molecule has 0 spiro atoms. The van der Waals surface area contributed by atoms with Crippen LogP contribution in [-0.4, -0.2) is 50.1 Å². The number of fused-ring (bicyclic) bond motifs is 3. The Morgan fingerprint density at radius 3 is 2.85 bits per heavy atom. The number of carbonyl (C=O) groups is 1. The standard InChI is InChI=1S/C20H25N5O2/c1-4-19(26)24(12-17-6-5-7-27-17)11-16-10-15-8-13(2)14(3)9-18(15)25-20(16)21-22-23-25/h8-10,17H,4-7,11-12H2,1-3H3/t17-/m0/s1. The van der Waals surface area contributed by atoms with E-state index in [1.165, 1.54) is 11.1 Å². The molecule has 1 fully saturated rings. The number of carbonyl (C=O) groups excluding carboxylic acids is 1. The van der Waals surface area contributed by atoms with Crippen LogP contribution in [0.15, 0.2) is 18.2 Å². The first kappa shape index (κ1) is 17.9. The van der Waals surface area contributed by atoms with Crippen LogP contribution < -0.4 is 0 Å². The van der Waals surface area contributed by atoms with E-state index in [1.807, 2.05) is 11.8 Å². The third-order valence-corrected chi connectivity index (χ3v) is 5.42. The van der Waals surface area contributed by atoms with Crippen LogP contribution in [0, 0.1) is 13.8 Å². The summed E-state index contributed by atoms with van der Waals surface area (Å²) in [5.41, 5.74) is 5.06. The number of hydrogen-bond donors (Lipinski definition) is 0. The first-order valence-electron chi connectivity index (χ1n) is 9.57. The first-order chi connectivity index (χ1) is 13.1. The summed E-state index contributed by atoms with van der Waals surface area (Å²) in [7, 11) is 0. The highest BCUT2D eigenvalue weighted by Crippen LogP contribution is 2.24. The van der Waals surface area contributed by atoms with Crippen molar-refractivity contribution >= 4 is 22.5 Å². The van der Waals surface area contributed by atoms with E-state index in [1.54, 1.807) is 4.52 Å². The van der Waals surface area contributed by atoms with Gasteiger partial charge in [0.1, 0.15) is 0 Å². The molecule has 27 heavy (non-hydrogen) atoms. The molecule has 142 valence electrons. The third kappa shape index (κ3) is 3.39. The summed E-state index contributed by atoms with van der Waals surface area (Å²) >= 11 is 0. The molecule has 1 saturated heterocycles. The zero-order valence-corrected chi connectivity index (χ0v) is 16.1. The van der Waals surface area contributed by atoms with E-state index in [-0.39, 0.29) is 12.0 Å². The molecule has 0 unspecified atom stereocenters. The van der Waals surface area contributed by atoms with Crippen molar-refractivity contribution < 1.29 is 9.53 Å². The number of aryl methyl sites for hydroxylation is 2. The second-order valence-corrected chi connectivity index (χ2v) is 7.34. The van der Waals surface area contributed by atoms with Gasteiger partial charge in [-0.25, -0.2) is 0 Å². The maximum Gasteiger partial charge on any atom is 0.222 e. The van der Waals surface area contributed by atoms with Crippen LogP contribution in [0.2, 0.25) is 0 Å². The number of ether oxygens (including phenoxy) is 1. The van der Waals surface area contributed by atoms with Crippen molar-refractivity contribution in [2.24, 2.45) is 0 Å². The summed E-state index contributed by atoms with van der Waals surface area (Å²) in [5.74, 6) is 0.122. The zero-order chi connectivity index (χ0) is 19.0. The van der Waals surface area contributed by atoms with Crippen molar-refractivity contribution in [3.63, 3.8) is 0 Å². The summed E-state index contributed by atoms with van der Waals surface area (Å²) in [6.45, 7) is 7.96. The smallest absolute Gasteiger partial charge is 0.222 e. The Balaban J connectivity index is 1.75. The van der Waals surface area contributed by atoms with Gasteiger partial charge in [0.15, 0.2) is 5.65 Å². The lowest BCUT2D eigenvalue weighted by atomic mass is 10.0. The molecule has 3 aromatic rings. The summed E-state index contributed by atoms with van der Waals surface area (Å²) < 4.78 is 7.52. The quantitative estimate of drug-likeness (QED) is 0.693. The fourth-order valence-corrected chi connectivity index (χ4v) is 3.76. The normalized spacial score (nSPS) is 17.1. The molecule has 0 N–H and O–H groups in total. The van der Waals surface area contributed by atoms with Crippen molar-refractivity contribution in [3.8, 4) is 0 Å². The molecule has 0 radical (unpaired) electrons. The minimum atomic E-state index is 0.122. The molecule has 7 nitrogen and oxygen atoms in total. The fourth-order valence-electron chi connectivity index (χ4n) is 3.76. The van der Waals surface area contributed by atoms with Crippen LogP contribution in [-0.2, 0) is 16.1 Å². The van der Waals surface area contributed by atoms with Crippen LogP contribution >= 0.6 is 0 Å². The highest BCUT2D eigenvalue weighted by atomic mass is 16.5. The van der Waals surface area contributed by atoms with E-state index in [9.17, 15) is 4.79 Å². The van der Waals surface area contributed by atoms with E-state index in [4.69, 9.17) is 4.74 Å². The molecule has 1 aliphatic rings. The van der Waals surface area contributed by atoms with E-state index in [0.717, 1.165) is 35.9 Å². The Kier molecular flexibility index (Phi) is 4.78. The SMILES string of the molecule is CCC(=O)N(Cc1cc2cc(C)c(C)cc2n2nnnc12)C[C@@H]1CCCO1. The van der Waals surface area contributed by atoms with Gasteiger partial charge in [-0.1, -0.05) is 6.92 Å². The summed E-state index contributed by atoms with van der Waals surface area (Å²) in [4.78, 5) is 14.4. The second kappa shape index (κ2) is 7.23. The fraction of sp³-hybridized carbons (Fsp3) is 0.500. The molecule has 0 bridgehead atoms. The van der Waals surface area contributed by atoms with Crippen molar-refractivity contribution in [2.75, 3.05) is 13.2 Å². The van der Waals surface area contributed by atoms with Gasteiger partial charge in [-0.2, -0.15) is 4.52 Å². The van der Waals surface area contributed by atoms with Gasteiger partial charge in [0.25, 0.3) is 0 Å². The monoisotopic (exact) mass is 367 g/mol. The lowest BCUT2D eigenvalue weighted by Crippen LogP contribution is -2.36. The average molecular weight is 367 g/mol. The first-order valence-corrected chi connectivity index (χ1v) is 9.57. The number of amides is 1. The van der Waals surface area contributed by atoms with E-state index < -0.39 is 0 Å². The van der Waals surface area contributed by atoms with Crippen molar-refractivity contribution in [1.29, 1.82) is 0 Å². The lowest BCUT2D eigenvalue weighted by Gasteiger charge is -2.25. The summed E-state index contributed by atoms with van der Waals surface area (Å²) in [5, 5.41) is 13.4. The van der Waals surface area contributed by atoms with Gasteiger partial charge in [0.2, 0.25) is 5.91 Å². The molecule has 4 rings (SSSR count). The number of hydrogen-bond acceptors (Lipinski definition) is 5. The average Bonchev–Trinajstić information content (AvgIpc) is 3.34. The molecule has 3 heterocycles. The number of rotatable bonds is 5. The van der Waals surface area contributed by atoms with Crippen molar-refractivity contribution in [3.05, 3.63) is 34.9 Å². The topological polar surface area (TPSA) is 72.6 Å². The minimum Gasteiger partial charge on any atom is -0.376 e. The van der Waals surface area contributed by atoms with Crippen molar-refractivity contribution in [1.82, 2.24) is 24.9 Å². The Labute approximate surface area is 158 Å². The van der Waals surface area contributed by atoms with Gasteiger partial charge in [-0.15, -0.1) is 5.10 Å². The number of nitrogens with zero attached hydrogens (tertiary/aromatic N) is 5. The number of benzene rings is 1. The van der Waals surface area contributed by atoms with Gasteiger partial charge in [0.05, 0.1) is 11.6 Å². The van der Waals surface area contributed by atoms with Crippen LogP contribution in [0.25, 0.3) is 16.6 Å².